The summed E-state index contributed by atoms with van der Waals surface area (Å²) in [4.78, 5) is 12.3. The van der Waals surface area contributed by atoms with Crippen LogP contribution in [0.1, 0.15) is 36.7 Å². The average molecular weight is 409 g/mol. The van der Waals surface area contributed by atoms with E-state index in [1.807, 2.05) is 20.8 Å². The molecule has 7 heteroatoms. The molecule has 0 saturated carbocycles. The number of amides is 1. The van der Waals surface area contributed by atoms with Crippen LogP contribution in [0.15, 0.2) is 48.5 Å². The Hall–Kier alpha value is -2.05. The summed E-state index contributed by atoms with van der Waals surface area (Å²) in [6, 6.07) is 13.7. The van der Waals surface area contributed by atoms with Crippen molar-refractivity contribution in [3.8, 4) is 0 Å². The number of nitrogens with one attached hydrogen (secondary N) is 1. The Morgan fingerprint density at radius 2 is 1.74 bits per heavy atom. The molecule has 0 aliphatic heterocycles. The third kappa shape index (κ3) is 5.97. The smallest absolute Gasteiger partial charge is 0.251 e. The van der Waals surface area contributed by atoms with Crippen molar-refractivity contribution in [1.82, 2.24) is 5.32 Å². The van der Waals surface area contributed by atoms with Crippen molar-refractivity contribution < 1.29 is 13.2 Å². The molecule has 0 bridgehead atoms. The van der Waals surface area contributed by atoms with Crippen LogP contribution in [0.25, 0.3) is 0 Å². The molecule has 1 atom stereocenters. The third-order valence-electron chi connectivity index (χ3n) is 4.40. The highest BCUT2D eigenvalue weighted by atomic mass is 35.5. The number of carbonyl (C=O) groups excluding carboxylic acids is 1. The fourth-order valence-electron chi connectivity index (χ4n) is 2.42. The van der Waals surface area contributed by atoms with Gasteiger partial charge >= 0.3 is 0 Å². The molecule has 1 amide bonds. The predicted octanol–water partition coefficient (Wildman–Crippen LogP) is 4.08. The SMILES string of the molecule is CC(C)C(C)NC(=O)c1ccc(CN(c2cccc(Cl)c2)S(C)(=O)=O)cc1. The molecule has 0 aliphatic carbocycles. The van der Waals surface area contributed by atoms with E-state index in [9.17, 15) is 13.2 Å². The fourth-order valence-corrected chi connectivity index (χ4v) is 3.48. The van der Waals surface area contributed by atoms with Gasteiger partial charge in [-0.2, -0.15) is 0 Å². The summed E-state index contributed by atoms with van der Waals surface area (Å²) in [6.45, 7) is 6.21. The van der Waals surface area contributed by atoms with Crippen LogP contribution in [0.5, 0.6) is 0 Å². The lowest BCUT2D eigenvalue weighted by Gasteiger charge is -2.23. The van der Waals surface area contributed by atoms with Gasteiger partial charge in [-0.15, -0.1) is 0 Å². The first-order valence-corrected chi connectivity index (χ1v) is 10.9. The maximum atomic E-state index is 12.3. The van der Waals surface area contributed by atoms with Crippen molar-refractivity contribution in [1.29, 1.82) is 0 Å². The van der Waals surface area contributed by atoms with E-state index in [1.165, 1.54) is 4.31 Å². The summed E-state index contributed by atoms with van der Waals surface area (Å²) >= 11 is 6.00. The van der Waals surface area contributed by atoms with Gasteiger partial charge in [0.1, 0.15) is 0 Å². The average Bonchev–Trinajstić information content (AvgIpc) is 2.59. The van der Waals surface area contributed by atoms with Gasteiger partial charge in [-0.3, -0.25) is 9.10 Å². The molecule has 0 fully saturated rings. The van der Waals surface area contributed by atoms with Gasteiger partial charge in [0.2, 0.25) is 10.0 Å². The van der Waals surface area contributed by atoms with Gasteiger partial charge in [-0.05, 0) is 48.7 Å². The maximum Gasteiger partial charge on any atom is 0.251 e. The van der Waals surface area contributed by atoms with E-state index in [1.54, 1.807) is 48.5 Å². The Balaban J connectivity index is 2.19. The molecule has 0 spiro atoms. The summed E-state index contributed by atoms with van der Waals surface area (Å²) < 4.78 is 25.7. The van der Waals surface area contributed by atoms with Crippen LogP contribution in [0.2, 0.25) is 5.02 Å². The Morgan fingerprint density at radius 3 is 2.26 bits per heavy atom. The number of anilines is 1. The second kappa shape index (κ2) is 8.76. The van der Waals surface area contributed by atoms with E-state index in [0.717, 1.165) is 11.8 Å². The number of rotatable bonds is 7. The Kier molecular flexibility index (Phi) is 6.89. The van der Waals surface area contributed by atoms with E-state index in [-0.39, 0.29) is 18.5 Å². The summed E-state index contributed by atoms with van der Waals surface area (Å²) in [5.41, 5.74) is 1.81. The number of nitrogens with zero attached hydrogens (tertiary/aromatic N) is 1. The van der Waals surface area contributed by atoms with Crippen LogP contribution in [-0.4, -0.2) is 26.6 Å². The van der Waals surface area contributed by atoms with Crippen LogP contribution in [0.3, 0.4) is 0 Å². The molecule has 2 aromatic carbocycles. The van der Waals surface area contributed by atoms with Gasteiger partial charge in [0.05, 0.1) is 18.5 Å². The quantitative estimate of drug-likeness (QED) is 0.750. The Labute approximate surface area is 166 Å². The molecule has 5 nitrogen and oxygen atoms in total. The molecule has 1 unspecified atom stereocenters. The van der Waals surface area contributed by atoms with Crippen LogP contribution >= 0.6 is 11.6 Å². The zero-order chi connectivity index (χ0) is 20.2. The molecule has 2 rings (SSSR count). The highest BCUT2D eigenvalue weighted by molar-refractivity contribution is 7.92. The molecular weight excluding hydrogens is 384 g/mol. The molecule has 0 aliphatic rings. The first-order valence-electron chi connectivity index (χ1n) is 8.71. The van der Waals surface area contributed by atoms with Crippen molar-refractivity contribution in [3.63, 3.8) is 0 Å². The third-order valence-corrected chi connectivity index (χ3v) is 5.77. The molecule has 1 N–H and O–H groups in total. The van der Waals surface area contributed by atoms with Gasteiger partial charge < -0.3 is 5.32 Å². The van der Waals surface area contributed by atoms with Crippen molar-refractivity contribution in [2.45, 2.75) is 33.4 Å². The lowest BCUT2D eigenvalue weighted by Crippen LogP contribution is -2.36. The minimum atomic E-state index is -3.49. The molecule has 0 radical (unpaired) electrons. The van der Waals surface area contributed by atoms with Crippen LogP contribution in [0, 0.1) is 5.92 Å². The molecule has 2 aromatic rings. The van der Waals surface area contributed by atoms with E-state index < -0.39 is 10.0 Å². The first-order chi connectivity index (χ1) is 12.6. The first kappa shape index (κ1) is 21.3. The molecule has 146 valence electrons. The zero-order valence-corrected chi connectivity index (χ0v) is 17.5. The maximum absolute atomic E-state index is 12.3. The molecule has 27 heavy (non-hydrogen) atoms. The zero-order valence-electron chi connectivity index (χ0n) is 15.9. The van der Waals surface area contributed by atoms with E-state index in [2.05, 4.69) is 5.32 Å². The monoisotopic (exact) mass is 408 g/mol. The van der Waals surface area contributed by atoms with Crippen molar-refractivity contribution in [3.05, 3.63) is 64.7 Å². The van der Waals surface area contributed by atoms with Gasteiger partial charge in [-0.25, -0.2) is 8.42 Å². The Morgan fingerprint density at radius 1 is 1.11 bits per heavy atom. The van der Waals surface area contributed by atoms with Crippen LogP contribution in [-0.2, 0) is 16.6 Å². The number of halogens is 1. The number of hydrogen-bond donors (Lipinski definition) is 1. The van der Waals surface area contributed by atoms with Crippen molar-refractivity contribution >= 4 is 33.2 Å². The standard InChI is InChI=1S/C20H25ClN2O3S/c1-14(2)15(3)22-20(24)17-10-8-16(9-11-17)13-23(27(4,25)26)19-7-5-6-18(21)12-19/h5-12,14-15H,13H2,1-4H3,(H,22,24). The topological polar surface area (TPSA) is 66.5 Å². The Bertz CT molecular complexity index is 896. The summed E-state index contributed by atoms with van der Waals surface area (Å²) in [7, 11) is -3.49. The minimum Gasteiger partial charge on any atom is -0.349 e. The number of benzene rings is 2. The normalized spacial score (nSPS) is 12.7. The minimum absolute atomic E-state index is 0.0701. The molecule has 0 saturated heterocycles. The largest absolute Gasteiger partial charge is 0.349 e. The molecule has 0 heterocycles. The summed E-state index contributed by atoms with van der Waals surface area (Å²) in [5, 5.41) is 3.42. The summed E-state index contributed by atoms with van der Waals surface area (Å²) in [6.07, 6.45) is 1.16. The van der Waals surface area contributed by atoms with Crippen LogP contribution < -0.4 is 9.62 Å². The van der Waals surface area contributed by atoms with E-state index in [0.29, 0.717) is 22.2 Å². The van der Waals surface area contributed by atoms with E-state index in [4.69, 9.17) is 11.6 Å². The highest BCUT2D eigenvalue weighted by Gasteiger charge is 2.19. The lowest BCUT2D eigenvalue weighted by molar-refractivity contribution is 0.0930. The predicted molar refractivity (Wildman–Crippen MR) is 111 cm³/mol. The van der Waals surface area contributed by atoms with Gasteiger partial charge in [-0.1, -0.05) is 43.6 Å². The second-order valence-electron chi connectivity index (χ2n) is 6.95. The van der Waals surface area contributed by atoms with Gasteiger partial charge in [0, 0.05) is 16.6 Å². The van der Waals surface area contributed by atoms with Gasteiger partial charge in [0.25, 0.3) is 5.91 Å². The van der Waals surface area contributed by atoms with Crippen LogP contribution in [0.4, 0.5) is 5.69 Å². The van der Waals surface area contributed by atoms with Crippen molar-refractivity contribution in [2.24, 2.45) is 5.92 Å². The second-order valence-corrected chi connectivity index (χ2v) is 9.30. The van der Waals surface area contributed by atoms with Crippen molar-refractivity contribution in [2.75, 3.05) is 10.6 Å². The number of sulfonamides is 1. The molecular formula is C20H25ClN2O3S. The highest BCUT2D eigenvalue weighted by Crippen LogP contribution is 2.24. The summed E-state index contributed by atoms with van der Waals surface area (Å²) in [5.74, 6) is 0.201. The number of hydrogen-bond acceptors (Lipinski definition) is 3. The van der Waals surface area contributed by atoms with E-state index >= 15 is 0 Å². The fraction of sp³-hybridized carbons (Fsp3) is 0.350. The number of carbonyl (C=O) groups is 1. The van der Waals surface area contributed by atoms with Gasteiger partial charge in [0.15, 0.2) is 0 Å². The molecule has 0 aromatic heterocycles. The lowest BCUT2D eigenvalue weighted by atomic mass is 10.1.